The molecule has 0 saturated carbocycles. The third-order valence-electron chi connectivity index (χ3n) is 2.35. The SMILES string of the molecule is Cc1ccnc(-n2cnc([N+](=O)[O-])c2)c1C(=O)O. The Balaban J connectivity index is 2.59. The molecule has 8 heteroatoms. The maximum absolute atomic E-state index is 11.1. The van der Waals surface area contributed by atoms with Gasteiger partial charge in [0.1, 0.15) is 11.8 Å². The molecule has 1 N–H and O–H groups in total. The molecule has 2 heterocycles. The van der Waals surface area contributed by atoms with Gasteiger partial charge in [0.05, 0.1) is 0 Å². The van der Waals surface area contributed by atoms with E-state index in [1.54, 1.807) is 13.0 Å². The molecule has 0 unspecified atom stereocenters. The predicted octanol–water partition coefficient (Wildman–Crippen LogP) is 1.18. The van der Waals surface area contributed by atoms with E-state index in [4.69, 9.17) is 5.11 Å². The highest BCUT2D eigenvalue weighted by atomic mass is 16.6. The number of imidazole rings is 1. The molecule has 0 saturated heterocycles. The highest BCUT2D eigenvalue weighted by Gasteiger charge is 2.19. The number of aromatic carboxylic acids is 1. The fourth-order valence-electron chi connectivity index (χ4n) is 1.53. The minimum absolute atomic E-state index is 0.00945. The van der Waals surface area contributed by atoms with Gasteiger partial charge in [0, 0.05) is 6.20 Å². The van der Waals surface area contributed by atoms with Crippen molar-refractivity contribution in [1.82, 2.24) is 14.5 Å². The Morgan fingerprint density at radius 1 is 1.50 bits per heavy atom. The lowest BCUT2D eigenvalue weighted by Gasteiger charge is -2.06. The van der Waals surface area contributed by atoms with Gasteiger partial charge in [-0.15, -0.1) is 0 Å². The predicted molar refractivity (Wildman–Crippen MR) is 59.7 cm³/mol. The first-order valence-electron chi connectivity index (χ1n) is 4.88. The van der Waals surface area contributed by atoms with E-state index in [0.717, 1.165) is 12.5 Å². The number of nitrogens with zero attached hydrogens (tertiary/aromatic N) is 4. The van der Waals surface area contributed by atoms with Gasteiger partial charge in [0.25, 0.3) is 0 Å². The Bertz CT molecular complexity index is 635. The number of carbonyl (C=O) groups is 1. The van der Waals surface area contributed by atoms with Crippen LogP contribution in [-0.4, -0.2) is 30.5 Å². The quantitative estimate of drug-likeness (QED) is 0.644. The Kier molecular flexibility index (Phi) is 2.76. The van der Waals surface area contributed by atoms with Crippen LogP contribution in [0.5, 0.6) is 0 Å². The van der Waals surface area contributed by atoms with Crippen LogP contribution in [0.2, 0.25) is 0 Å². The van der Waals surface area contributed by atoms with E-state index in [0.29, 0.717) is 5.56 Å². The molecule has 0 aliphatic carbocycles. The monoisotopic (exact) mass is 248 g/mol. The summed E-state index contributed by atoms with van der Waals surface area (Å²) >= 11 is 0. The Hall–Kier alpha value is -2.77. The highest BCUT2D eigenvalue weighted by molar-refractivity contribution is 5.92. The largest absolute Gasteiger partial charge is 0.478 e. The lowest BCUT2D eigenvalue weighted by atomic mass is 10.1. The van der Waals surface area contributed by atoms with Crippen molar-refractivity contribution in [2.75, 3.05) is 0 Å². The van der Waals surface area contributed by atoms with Crippen LogP contribution in [0.1, 0.15) is 15.9 Å². The first-order valence-corrected chi connectivity index (χ1v) is 4.88. The number of carboxylic acids is 1. The van der Waals surface area contributed by atoms with Crippen molar-refractivity contribution < 1.29 is 14.8 Å². The summed E-state index contributed by atoms with van der Waals surface area (Å²) in [6, 6.07) is 1.55. The van der Waals surface area contributed by atoms with Crippen molar-refractivity contribution >= 4 is 11.8 Å². The third kappa shape index (κ3) is 1.90. The van der Waals surface area contributed by atoms with Crippen LogP contribution >= 0.6 is 0 Å². The van der Waals surface area contributed by atoms with E-state index in [-0.39, 0.29) is 17.2 Å². The van der Waals surface area contributed by atoms with Crippen LogP contribution in [0, 0.1) is 17.0 Å². The number of carboxylic acid groups (broad SMARTS) is 1. The second kappa shape index (κ2) is 4.24. The molecule has 0 atom stereocenters. The number of hydrogen-bond acceptors (Lipinski definition) is 5. The number of aryl methyl sites for hydroxylation is 1. The summed E-state index contributed by atoms with van der Waals surface area (Å²) in [5.41, 5.74) is 0.508. The fourth-order valence-corrected chi connectivity index (χ4v) is 1.53. The summed E-state index contributed by atoms with van der Waals surface area (Å²) in [6.07, 6.45) is 3.71. The Morgan fingerprint density at radius 2 is 2.22 bits per heavy atom. The normalized spacial score (nSPS) is 10.3. The molecule has 0 fully saturated rings. The van der Waals surface area contributed by atoms with Gasteiger partial charge in [0.2, 0.25) is 6.33 Å². The third-order valence-corrected chi connectivity index (χ3v) is 2.35. The van der Waals surface area contributed by atoms with Crippen molar-refractivity contribution in [2.24, 2.45) is 0 Å². The van der Waals surface area contributed by atoms with Gasteiger partial charge < -0.3 is 15.2 Å². The van der Waals surface area contributed by atoms with Gasteiger partial charge >= 0.3 is 11.8 Å². The fraction of sp³-hybridized carbons (Fsp3) is 0.100. The molecule has 0 bridgehead atoms. The van der Waals surface area contributed by atoms with Crippen LogP contribution in [0.4, 0.5) is 5.82 Å². The molecule has 0 aromatic carbocycles. The zero-order chi connectivity index (χ0) is 13.3. The van der Waals surface area contributed by atoms with Crippen molar-refractivity contribution in [3.05, 3.63) is 46.0 Å². The van der Waals surface area contributed by atoms with E-state index in [1.807, 2.05) is 0 Å². The average molecular weight is 248 g/mol. The number of hydrogen-bond donors (Lipinski definition) is 1. The molecule has 0 aliphatic heterocycles. The molecular formula is C10H8N4O4. The van der Waals surface area contributed by atoms with E-state index >= 15 is 0 Å². The maximum Gasteiger partial charge on any atom is 0.381 e. The molecular weight excluding hydrogens is 240 g/mol. The van der Waals surface area contributed by atoms with E-state index in [2.05, 4.69) is 9.97 Å². The van der Waals surface area contributed by atoms with Crippen molar-refractivity contribution in [3.63, 3.8) is 0 Å². The smallest absolute Gasteiger partial charge is 0.381 e. The molecule has 18 heavy (non-hydrogen) atoms. The number of pyridine rings is 1. The number of aromatic nitrogens is 3. The molecule has 2 rings (SSSR count). The Morgan fingerprint density at radius 3 is 2.78 bits per heavy atom. The van der Waals surface area contributed by atoms with Crippen LogP contribution in [0.15, 0.2) is 24.8 Å². The lowest BCUT2D eigenvalue weighted by molar-refractivity contribution is -0.389. The average Bonchev–Trinajstić information content (AvgIpc) is 2.77. The summed E-state index contributed by atoms with van der Waals surface area (Å²) in [7, 11) is 0. The zero-order valence-corrected chi connectivity index (χ0v) is 9.27. The van der Waals surface area contributed by atoms with Gasteiger partial charge in [-0.1, -0.05) is 0 Å². The highest BCUT2D eigenvalue weighted by Crippen LogP contribution is 2.18. The van der Waals surface area contributed by atoms with Gasteiger partial charge in [-0.3, -0.25) is 4.57 Å². The van der Waals surface area contributed by atoms with Crippen molar-refractivity contribution in [3.8, 4) is 5.82 Å². The summed E-state index contributed by atoms with van der Waals surface area (Å²) in [4.78, 5) is 28.5. The number of nitro groups is 1. The minimum Gasteiger partial charge on any atom is -0.478 e. The summed E-state index contributed by atoms with van der Waals surface area (Å²) in [5.74, 6) is -1.41. The standard InChI is InChI=1S/C10H8N4O4/c1-6-2-3-11-9(8(6)10(15)16)13-4-7(12-5-13)14(17)18/h2-5H,1H3,(H,15,16). The molecule has 0 aliphatic rings. The molecule has 8 nitrogen and oxygen atoms in total. The maximum atomic E-state index is 11.1. The molecule has 0 amide bonds. The van der Waals surface area contributed by atoms with Crippen LogP contribution < -0.4 is 0 Å². The molecule has 0 radical (unpaired) electrons. The summed E-state index contributed by atoms with van der Waals surface area (Å²) in [6.45, 7) is 1.62. The van der Waals surface area contributed by atoms with E-state index in [9.17, 15) is 14.9 Å². The molecule has 0 spiro atoms. The first kappa shape index (κ1) is 11.7. The minimum atomic E-state index is -1.15. The lowest BCUT2D eigenvalue weighted by Crippen LogP contribution is -2.08. The van der Waals surface area contributed by atoms with Crippen molar-refractivity contribution in [1.29, 1.82) is 0 Å². The van der Waals surface area contributed by atoms with Gasteiger partial charge in [-0.25, -0.2) is 9.78 Å². The van der Waals surface area contributed by atoms with Gasteiger partial charge in [-0.05, 0) is 28.5 Å². The number of rotatable bonds is 3. The first-order chi connectivity index (χ1) is 8.50. The molecule has 2 aromatic rings. The second-order valence-corrected chi connectivity index (χ2v) is 3.53. The summed E-state index contributed by atoms with van der Waals surface area (Å²) in [5, 5.41) is 19.6. The van der Waals surface area contributed by atoms with Crippen LogP contribution in [0.25, 0.3) is 5.82 Å². The van der Waals surface area contributed by atoms with Gasteiger partial charge in [0.15, 0.2) is 5.82 Å². The van der Waals surface area contributed by atoms with Crippen LogP contribution in [-0.2, 0) is 0 Å². The second-order valence-electron chi connectivity index (χ2n) is 3.53. The van der Waals surface area contributed by atoms with Crippen molar-refractivity contribution in [2.45, 2.75) is 6.92 Å². The zero-order valence-electron chi connectivity index (χ0n) is 9.27. The summed E-state index contributed by atoms with van der Waals surface area (Å²) < 4.78 is 1.22. The Labute approximate surface area is 101 Å². The van der Waals surface area contributed by atoms with E-state index in [1.165, 1.54) is 10.8 Å². The topological polar surface area (TPSA) is 111 Å². The molecule has 2 aromatic heterocycles. The van der Waals surface area contributed by atoms with Gasteiger partial charge in [-0.2, -0.15) is 0 Å². The van der Waals surface area contributed by atoms with E-state index < -0.39 is 10.9 Å². The van der Waals surface area contributed by atoms with Crippen LogP contribution in [0.3, 0.4) is 0 Å². The molecule has 92 valence electrons.